The van der Waals surface area contributed by atoms with Crippen LogP contribution in [0.25, 0.3) is 0 Å². The number of hydrogen-bond acceptors (Lipinski definition) is 4. The Bertz CT molecular complexity index is 382. The Balaban J connectivity index is 2.41. The van der Waals surface area contributed by atoms with E-state index in [4.69, 9.17) is 4.74 Å². The minimum Gasteiger partial charge on any atom is -0.366 e. The highest BCUT2D eigenvalue weighted by Crippen LogP contribution is 2.18. The number of aryl methyl sites for hydroxylation is 1. The minimum absolute atomic E-state index is 0.0650. The van der Waals surface area contributed by atoms with E-state index in [1.807, 2.05) is 40.8 Å². The van der Waals surface area contributed by atoms with Crippen LogP contribution in [-0.4, -0.2) is 23.1 Å². The standard InChI is InChI=1S/C12H20N2O2S/c1-8-6-13-11(17-8)9(2)14-10(15)7-16-12(3,4)5/h6,9H,7H2,1-5H3,(H,14,15). The molecule has 1 rings (SSSR count). The maximum Gasteiger partial charge on any atom is 0.246 e. The summed E-state index contributed by atoms with van der Waals surface area (Å²) in [5, 5.41) is 3.79. The molecule has 1 aromatic heterocycles. The van der Waals surface area contributed by atoms with Gasteiger partial charge < -0.3 is 10.1 Å². The topological polar surface area (TPSA) is 51.2 Å². The van der Waals surface area contributed by atoms with E-state index in [0.717, 1.165) is 9.88 Å². The van der Waals surface area contributed by atoms with E-state index in [-0.39, 0.29) is 24.2 Å². The Morgan fingerprint density at radius 3 is 2.71 bits per heavy atom. The maximum absolute atomic E-state index is 11.6. The molecule has 0 fully saturated rings. The van der Waals surface area contributed by atoms with Gasteiger partial charge in [-0.1, -0.05) is 0 Å². The fraction of sp³-hybridized carbons (Fsp3) is 0.667. The molecular formula is C12H20N2O2S. The van der Waals surface area contributed by atoms with Crippen molar-refractivity contribution in [3.8, 4) is 0 Å². The van der Waals surface area contributed by atoms with Crippen LogP contribution in [-0.2, 0) is 9.53 Å². The highest BCUT2D eigenvalue weighted by Gasteiger charge is 2.16. The van der Waals surface area contributed by atoms with Crippen LogP contribution in [0.4, 0.5) is 0 Å². The zero-order chi connectivity index (χ0) is 13.1. The van der Waals surface area contributed by atoms with Crippen molar-refractivity contribution in [2.75, 3.05) is 6.61 Å². The molecule has 0 aliphatic heterocycles. The van der Waals surface area contributed by atoms with Gasteiger partial charge in [-0.3, -0.25) is 4.79 Å². The lowest BCUT2D eigenvalue weighted by atomic mass is 10.2. The Morgan fingerprint density at radius 2 is 2.24 bits per heavy atom. The molecule has 17 heavy (non-hydrogen) atoms. The van der Waals surface area contributed by atoms with E-state index in [1.54, 1.807) is 11.3 Å². The van der Waals surface area contributed by atoms with Crippen molar-refractivity contribution < 1.29 is 9.53 Å². The molecule has 1 N–H and O–H groups in total. The van der Waals surface area contributed by atoms with Gasteiger partial charge in [0, 0.05) is 11.1 Å². The molecule has 0 aliphatic carbocycles. The van der Waals surface area contributed by atoms with E-state index in [9.17, 15) is 4.79 Å². The van der Waals surface area contributed by atoms with Crippen molar-refractivity contribution >= 4 is 17.2 Å². The predicted octanol–water partition coefficient (Wildman–Crippen LogP) is 2.44. The normalized spacial score (nSPS) is 13.5. The number of amides is 1. The molecule has 1 unspecified atom stereocenters. The zero-order valence-corrected chi connectivity index (χ0v) is 11.9. The van der Waals surface area contributed by atoms with Crippen LogP contribution >= 0.6 is 11.3 Å². The van der Waals surface area contributed by atoms with Gasteiger partial charge in [-0.2, -0.15) is 0 Å². The molecule has 1 atom stereocenters. The second-order valence-electron chi connectivity index (χ2n) is 5.00. The molecule has 1 heterocycles. The van der Waals surface area contributed by atoms with Gasteiger partial charge in [0.2, 0.25) is 5.91 Å². The molecule has 1 amide bonds. The first-order valence-electron chi connectivity index (χ1n) is 5.63. The number of aromatic nitrogens is 1. The summed E-state index contributed by atoms with van der Waals surface area (Å²) in [7, 11) is 0. The van der Waals surface area contributed by atoms with Gasteiger partial charge in [0.05, 0.1) is 11.6 Å². The van der Waals surface area contributed by atoms with Gasteiger partial charge >= 0.3 is 0 Å². The van der Waals surface area contributed by atoms with Crippen molar-refractivity contribution in [3.63, 3.8) is 0 Å². The third-order valence-corrected chi connectivity index (χ3v) is 3.12. The fourth-order valence-electron chi connectivity index (χ4n) is 1.20. The van der Waals surface area contributed by atoms with E-state index >= 15 is 0 Å². The summed E-state index contributed by atoms with van der Waals surface area (Å²) < 4.78 is 5.40. The third kappa shape index (κ3) is 5.28. The minimum atomic E-state index is -0.293. The molecule has 0 saturated heterocycles. The molecule has 4 nitrogen and oxygen atoms in total. The molecule has 0 bridgehead atoms. The summed E-state index contributed by atoms with van der Waals surface area (Å²) in [5.74, 6) is -0.111. The summed E-state index contributed by atoms with van der Waals surface area (Å²) in [5.41, 5.74) is -0.293. The van der Waals surface area contributed by atoms with Gasteiger partial charge in [0.15, 0.2) is 0 Å². The summed E-state index contributed by atoms with van der Waals surface area (Å²) >= 11 is 1.59. The Morgan fingerprint density at radius 1 is 1.59 bits per heavy atom. The SMILES string of the molecule is Cc1cnc(C(C)NC(=O)COC(C)(C)C)s1. The first-order chi connectivity index (χ1) is 7.78. The van der Waals surface area contributed by atoms with Gasteiger partial charge in [0.1, 0.15) is 11.6 Å². The average molecular weight is 256 g/mol. The second-order valence-corrected chi connectivity index (χ2v) is 6.27. The lowest BCUT2D eigenvalue weighted by Gasteiger charge is -2.20. The van der Waals surface area contributed by atoms with Crippen LogP contribution in [0.2, 0.25) is 0 Å². The quantitative estimate of drug-likeness (QED) is 0.900. The summed E-state index contributed by atoms with van der Waals surface area (Å²) in [6.07, 6.45) is 1.81. The van der Waals surface area contributed by atoms with Crippen LogP contribution in [0.5, 0.6) is 0 Å². The van der Waals surface area contributed by atoms with Gasteiger partial charge in [-0.15, -0.1) is 11.3 Å². The zero-order valence-electron chi connectivity index (χ0n) is 11.0. The van der Waals surface area contributed by atoms with E-state index in [2.05, 4.69) is 10.3 Å². The van der Waals surface area contributed by atoms with Crippen LogP contribution < -0.4 is 5.32 Å². The molecule has 96 valence electrons. The van der Waals surface area contributed by atoms with E-state index < -0.39 is 0 Å². The fourth-order valence-corrected chi connectivity index (χ4v) is 1.98. The summed E-state index contributed by atoms with van der Waals surface area (Å²) in [4.78, 5) is 17.0. The van der Waals surface area contributed by atoms with Crippen LogP contribution in [0.15, 0.2) is 6.20 Å². The van der Waals surface area contributed by atoms with Crippen LogP contribution in [0.3, 0.4) is 0 Å². The molecule has 0 aromatic carbocycles. The monoisotopic (exact) mass is 256 g/mol. The molecule has 0 spiro atoms. The van der Waals surface area contributed by atoms with Crippen molar-refractivity contribution in [2.45, 2.75) is 46.3 Å². The van der Waals surface area contributed by atoms with Gasteiger partial charge in [-0.25, -0.2) is 4.98 Å². The lowest BCUT2D eigenvalue weighted by Crippen LogP contribution is -2.33. The van der Waals surface area contributed by atoms with Crippen LogP contribution in [0.1, 0.15) is 43.6 Å². The number of nitrogens with zero attached hydrogens (tertiary/aromatic N) is 1. The summed E-state index contributed by atoms with van der Waals surface area (Å²) in [6, 6.07) is -0.0650. The van der Waals surface area contributed by atoms with Gasteiger partial charge in [-0.05, 0) is 34.6 Å². The van der Waals surface area contributed by atoms with Crippen molar-refractivity contribution in [2.24, 2.45) is 0 Å². The predicted molar refractivity (Wildman–Crippen MR) is 69.1 cm³/mol. The smallest absolute Gasteiger partial charge is 0.246 e. The van der Waals surface area contributed by atoms with Gasteiger partial charge in [0.25, 0.3) is 0 Å². The highest BCUT2D eigenvalue weighted by molar-refractivity contribution is 7.11. The molecule has 0 aliphatic rings. The number of ether oxygens (including phenoxy) is 1. The first kappa shape index (κ1) is 14.1. The first-order valence-corrected chi connectivity index (χ1v) is 6.45. The summed E-state index contributed by atoms with van der Waals surface area (Å²) in [6.45, 7) is 9.78. The maximum atomic E-state index is 11.6. The number of carbonyl (C=O) groups is 1. The number of thiazole rings is 1. The Labute approximate surface area is 106 Å². The third-order valence-electron chi connectivity index (χ3n) is 2.02. The van der Waals surface area contributed by atoms with E-state index in [0.29, 0.717) is 0 Å². The second kappa shape index (κ2) is 5.60. The molecule has 0 radical (unpaired) electrons. The number of hydrogen-bond donors (Lipinski definition) is 1. The van der Waals surface area contributed by atoms with E-state index in [1.165, 1.54) is 0 Å². The van der Waals surface area contributed by atoms with Crippen molar-refractivity contribution in [1.82, 2.24) is 10.3 Å². The largest absolute Gasteiger partial charge is 0.366 e. The number of rotatable bonds is 4. The molecule has 0 saturated carbocycles. The molecular weight excluding hydrogens is 236 g/mol. The average Bonchev–Trinajstić information content (AvgIpc) is 2.61. The molecule has 5 heteroatoms. The highest BCUT2D eigenvalue weighted by atomic mass is 32.1. The Kier molecular flexibility index (Phi) is 4.65. The van der Waals surface area contributed by atoms with Crippen LogP contribution in [0, 0.1) is 6.92 Å². The van der Waals surface area contributed by atoms with Crippen molar-refractivity contribution in [3.05, 3.63) is 16.1 Å². The number of nitrogens with one attached hydrogen (secondary N) is 1. The number of carbonyl (C=O) groups excluding carboxylic acids is 1. The molecule has 1 aromatic rings. The Hall–Kier alpha value is -0.940. The van der Waals surface area contributed by atoms with Crippen molar-refractivity contribution in [1.29, 1.82) is 0 Å². The lowest BCUT2D eigenvalue weighted by molar-refractivity contribution is -0.131.